The summed E-state index contributed by atoms with van der Waals surface area (Å²) in [6, 6.07) is 5.23. The number of nitrogens with one attached hydrogen (secondary N) is 3. The van der Waals surface area contributed by atoms with Gasteiger partial charge in [0.05, 0.1) is 11.2 Å². The van der Waals surface area contributed by atoms with E-state index in [0.717, 1.165) is 12.3 Å². The van der Waals surface area contributed by atoms with Crippen molar-refractivity contribution in [1.82, 2.24) is 19.7 Å². The number of hydrogen-bond acceptors (Lipinski definition) is 11. The Morgan fingerprint density at radius 3 is 2.24 bits per heavy atom. The summed E-state index contributed by atoms with van der Waals surface area (Å²) in [6.45, 7) is 0.286. The van der Waals surface area contributed by atoms with Gasteiger partial charge >= 0.3 is 0 Å². The number of rotatable bonds is 13. The third kappa shape index (κ3) is 10.8. The van der Waals surface area contributed by atoms with Gasteiger partial charge in [0.25, 0.3) is 20.2 Å². The van der Waals surface area contributed by atoms with Crippen molar-refractivity contribution in [2.45, 2.75) is 30.6 Å². The van der Waals surface area contributed by atoms with Crippen molar-refractivity contribution >= 4 is 47.8 Å². The predicted octanol–water partition coefficient (Wildman–Crippen LogP) is 0.381. The number of sulfonamides is 1. The average Bonchev–Trinajstić information content (AvgIpc) is 2.67. The number of benzene rings is 1. The van der Waals surface area contributed by atoms with Crippen LogP contribution in [0.1, 0.15) is 25.1 Å². The normalized spacial score (nSPS) is 12.5. The molecule has 0 aliphatic carbocycles. The quantitative estimate of drug-likeness (QED) is 0.177. The molecule has 0 unspecified atom stereocenters. The summed E-state index contributed by atoms with van der Waals surface area (Å²) < 4.78 is 87.3. The first-order chi connectivity index (χ1) is 15.2. The topological polar surface area (TPSA) is 218 Å². The molecule has 1 aromatic carbocycles. The van der Waals surface area contributed by atoms with E-state index in [2.05, 4.69) is 30.3 Å². The lowest BCUT2D eigenvalue weighted by molar-refractivity contribution is 0.481. The number of aromatic nitrogens is 3. The molecule has 0 atom stereocenters. The molecule has 0 aliphatic rings. The van der Waals surface area contributed by atoms with Gasteiger partial charge in [0.2, 0.25) is 21.9 Å². The molecule has 2 rings (SSSR count). The summed E-state index contributed by atoms with van der Waals surface area (Å²) in [4.78, 5) is 12.0. The molecule has 184 valence electrons. The van der Waals surface area contributed by atoms with Crippen LogP contribution in [0.5, 0.6) is 0 Å². The van der Waals surface area contributed by atoms with Gasteiger partial charge in [0.15, 0.2) is 0 Å². The molecule has 1 aromatic heterocycles. The van der Waals surface area contributed by atoms with Crippen molar-refractivity contribution in [3.63, 3.8) is 0 Å². The Kier molecular flexibility index (Phi) is 9.04. The highest BCUT2D eigenvalue weighted by atomic mass is 32.2. The number of aryl methyl sites for hydroxylation is 1. The van der Waals surface area contributed by atoms with Gasteiger partial charge in [-0.25, -0.2) is 13.1 Å². The van der Waals surface area contributed by atoms with Crippen LogP contribution >= 0.6 is 0 Å². The van der Waals surface area contributed by atoms with Crippen LogP contribution in [0, 0.1) is 0 Å². The van der Waals surface area contributed by atoms with Crippen LogP contribution in [0.25, 0.3) is 0 Å². The minimum atomic E-state index is -4.43. The zero-order valence-corrected chi connectivity index (χ0v) is 19.9. The maximum atomic E-state index is 11.3. The van der Waals surface area contributed by atoms with Crippen molar-refractivity contribution < 1.29 is 34.4 Å². The average molecular weight is 525 g/mol. The van der Waals surface area contributed by atoms with E-state index >= 15 is 0 Å². The van der Waals surface area contributed by atoms with Crippen LogP contribution in [0.4, 0.5) is 17.6 Å². The third-order valence-corrected chi connectivity index (χ3v) is 6.01. The van der Waals surface area contributed by atoms with Crippen LogP contribution < -0.4 is 15.4 Å². The van der Waals surface area contributed by atoms with E-state index in [4.69, 9.17) is 4.55 Å². The largest absolute Gasteiger partial charge is 0.338 e. The number of unbranched alkanes of at least 4 members (excludes halogenated alkanes) is 2. The van der Waals surface area contributed by atoms with E-state index in [9.17, 15) is 29.8 Å². The molecule has 0 spiro atoms. The van der Waals surface area contributed by atoms with Gasteiger partial charge in [-0.2, -0.15) is 31.8 Å². The molecule has 0 amide bonds. The second kappa shape index (κ2) is 11.1. The fourth-order valence-electron chi connectivity index (χ4n) is 2.53. The smallest absolute Gasteiger partial charge is 0.294 e. The van der Waals surface area contributed by atoms with Gasteiger partial charge in [-0.05, 0) is 31.0 Å². The van der Waals surface area contributed by atoms with E-state index in [1.165, 1.54) is 18.2 Å². The molecule has 0 saturated heterocycles. The van der Waals surface area contributed by atoms with Crippen LogP contribution in [-0.4, -0.2) is 68.0 Å². The van der Waals surface area contributed by atoms with Crippen molar-refractivity contribution in [2.24, 2.45) is 0 Å². The SMILES string of the molecule is CS(=O)(=O)NCCCCCc1nc(NCS(=O)(=O)O)nc(Nc2cccc(S(=O)(=O)O)c2)n1. The maximum Gasteiger partial charge on any atom is 0.294 e. The lowest BCUT2D eigenvalue weighted by atomic mass is 10.2. The Hall–Kier alpha value is -2.44. The van der Waals surface area contributed by atoms with Gasteiger partial charge in [-0.15, -0.1) is 0 Å². The fraction of sp³-hybridized carbons (Fsp3) is 0.438. The van der Waals surface area contributed by atoms with Crippen LogP contribution in [0.15, 0.2) is 29.2 Å². The third-order valence-electron chi connectivity index (χ3n) is 3.92. The standard InChI is InChI=1S/C16H24N6O8S3/c1-31(23,24)18-9-4-2-3-8-14-20-15(17-11-32(25,26)27)22-16(21-14)19-12-6-5-7-13(10-12)33(28,29)30/h5-7,10,18H,2-4,8-9,11H2,1H3,(H,25,26,27)(H,28,29,30)(H2,17,19,20,21,22). The summed E-state index contributed by atoms with van der Waals surface area (Å²) in [5.74, 6) is -0.758. The number of anilines is 3. The maximum absolute atomic E-state index is 11.3. The van der Waals surface area contributed by atoms with Crippen molar-refractivity contribution in [3.8, 4) is 0 Å². The van der Waals surface area contributed by atoms with Gasteiger partial charge in [0.1, 0.15) is 11.7 Å². The molecule has 0 bridgehead atoms. The van der Waals surface area contributed by atoms with Gasteiger partial charge < -0.3 is 10.6 Å². The highest BCUT2D eigenvalue weighted by molar-refractivity contribution is 7.88. The van der Waals surface area contributed by atoms with Crippen molar-refractivity contribution in [3.05, 3.63) is 30.1 Å². The predicted molar refractivity (Wildman–Crippen MR) is 120 cm³/mol. The lowest BCUT2D eigenvalue weighted by Gasteiger charge is -2.10. The molecule has 2 aromatic rings. The fourth-order valence-corrected chi connectivity index (χ4v) is 3.88. The summed E-state index contributed by atoms with van der Waals surface area (Å²) in [6.07, 6.45) is 3.24. The first-order valence-electron chi connectivity index (χ1n) is 9.44. The van der Waals surface area contributed by atoms with Crippen molar-refractivity contribution in [1.29, 1.82) is 0 Å². The summed E-state index contributed by atoms with van der Waals surface area (Å²) >= 11 is 0. The molecule has 0 saturated carbocycles. The minimum absolute atomic E-state index is 0.0379. The highest BCUT2D eigenvalue weighted by Gasteiger charge is 2.13. The zero-order chi connectivity index (χ0) is 24.7. The van der Waals surface area contributed by atoms with Crippen LogP contribution in [0.2, 0.25) is 0 Å². The zero-order valence-electron chi connectivity index (χ0n) is 17.5. The van der Waals surface area contributed by atoms with Crippen molar-refractivity contribution in [2.75, 3.05) is 29.3 Å². The van der Waals surface area contributed by atoms with E-state index in [1.54, 1.807) is 0 Å². The molecule has 17 heteroatoms. The Morgan fingerprint density at radius 2 is 1.61 bits per heavy atom. The second-order valence-corrected chi connectivity index (χ2v) is 11.6. The van der Waals surface area contributed by atoms with Gasteiger partial charge in [-0.1, -0.05) is 12.5 Å². The monoisotopic (exact) mass is 524 g/mol. The molecule has 14 nitrogen and oxygen atoms in total. The first-order valence-corrected chi connectivity index (χ1v) is 14.4. The Bertz CT molecular complexity index is 1280. The first kappa shape index (κ1) is 26.8. The van der Waals surface area contributed by atoms with Crippen LogP contribution in [-0.2, 0) is 36.7 Å². The summed E-state index contributed by atoms with van der Waals surface area (Å²) in [5.41, 5.74) is 0.231. The molecular weight excluding hydrogens is 500 g/mol. The van der Waals surface area contributed by atoms with E-state index in [0.29, 0.717) is 25.7 Å². The molecular formula is C16H24N6O8S3. The van der Waals surface area contributed by atoms with Crippen LogP contribution in [0.3, 0.4) is 0 Å². The lowest BCUT2D eigenvalue weighted by Crippen LogP contribution is -2.22. The molecule has 1 heterocycles. The molecule has 0 aliphatic heterocycles. The molecule has 33 heavy (non-hydrogen) atoms. The minimum Gasteiger partial charge on any atom is -0.338 e. The van der Waals surface area contributed by atoms with E-state index in [1.807, 2.05) is 0 Å². The van der Waals surface area contributed by atoms with Gasteiger partial charge in [0, 0.05) is 18.7 Å². The Morgan fingerprint density at radius 1 is 0.909 bits per heavy atom. The summed E-state index contributed by atoms with van der Waals surface area (Å²) in [5, 5.41) is 5.12. The number of nitrogens with zero attached hydrogens (tertiary/aromatic N) is 3. The highest BCUT2D eigenvalue weighted by Crippen LogP contribution is 2.19. The summed E-state index contributed by atoms with van der Waals surface area (Å²) in [7, 11) is -12.0. The van der Waals surface area contributed by atoms with Gasteiger partial charge in [-0.3, -0.25) is 9.11 Å². The molecule has 5 N–H and O–H groups in total. The number of hydrogen-bond donors (Lipinski definition) is 5. The van der Waals surface area contributed by atoms with E-state index < -0.39 is 36.1 Å². The molecule has 0 radical (unpaired) electrons. The second-order valence-electron chi connectivity index (χ2n) is 6.91. The Labute approximate surface area is 191 Å². The van der Waals surface area contributed by atoms with E-state index in [-0.39, 0.29) is 34.8 Å². The Balaban J connectivity index is 2.14. The molecule has 0 fully saturated rings.